The minimum atomic E-state index is 0.893. The summed E-state index contributed by atoms with van der Waals surface area (Å²) in [6, 6.07) is 33.6. The Kier molecular flexibility index (Phi) is 6.49. The molecule has 0 heterocycles. The molecule has 2 heteroatoms. The molecule has 2 nitrogen and oxygen atoms in total. The van der Waals surface area contributed by atoms with Gasteiger partial charge in [0.25, 0.3) is 0 Å². The SMILES string of the molecule is Cc1ccc(C=Nc2ccc(Cc3ccc(N=Cc4ccc(C)cc4)cc3)cc2)cc1. The monoisotopic (exact) mass is 402 g/mol. The van der Waals surface area contributed by atoms with Crippen molar-refractivity contribution in [3.05, 3.63) is 130 Å². The molecule has 0 atom stereocenters. The van der Waals surface area contributed by atoms with Gasteiger partial charge in [0, 0.05) is 12.4 Å². The van der Waals surface area contributed by atoms with Crippen molar-refractivity contribution < 1.29 is 0 Å². The lowest BCUT2D eigenvalue weighted by atomic mass is 10.0. The maximum Gasteiger partial charge on any atom is 0.0630 e. The minimum Gasteiger partial charge on any atom is -0.256 e. The Morgan fingerprint density at radius 3 is 1.19 bits per heavy atom. The van der Waals surface area contributed by atoms with E-state index in [2.05, 4.69) is 121 Å². The molecule has 0 fully saturated rings. The second-order valence-electron chi connectivity index (χ2n) is 7.85. The first-order valence-electron chi connectivity index (χ1n) is 10.5. The number of aliphatic imine (C=N–C) groups is 2. The van der Waals surface area contributed by atoms with E-state index in [4.69, 9.17) is 0 Å². The lowest BCUT2D eigenvalue weighted by Gasteiger charge is -2.03. The van der Waals surface area contributed by atoms with Crippen molar-refractivity contribution in [2.24, 2.45) is 9.98 Å². The Balaban J connectivity index is 1.35. The fourth-order valence-corrected chi connectivity index (χ4v) is 3.24. The lowest BCUT2D eigenvalue weighted by molar-refractivity contribution is 1.19. The molecular formula is C29H26N2. The van der Waals surface area contributed by atoms with Crippen LogP contribution in [0.5, 0.6) is 0 Å². The highest BCUT2D eigenvalue weighted by molar-refractivity contribution is 5.82. The number of benzene rings is 4. The fraction of sp³-hybridized carbons (Fsp3) is 0.103. The largest absolute Gasteiger partial charge is 0.256 e. The molecule has 0 aliphatic heterocycles. The molecule has 0 aliphatic carbocycles. The van der Waals surface area contributed by atoms with Gasteiger partial charge in [-0.25, -0.2) is 0 Å². The van der Waals surface area contributed by atoms with Crippen LogP contribution < -0.4 is 0 Å². The van der Waals surface area contributed by atoms with Crippen molar-refractivity contribution in [3.63, 3.8) is 0 Å². The van der Waals surface area contributed by atoms with Gasteiger partial charge in [0.05, 0.1) is 11.4 Å². The van der Waals surface area contributed by atoms with Crippen molar-refractivity contribution >= 4 is 23.8 Å². The van der Waals surface area contributed by atoms with E-state index in [9.17, 15) is 0 Å². The van der Waals surface area contributed by atoms with E-state index in [1.807, 2.05) is 12.4 Å². The summed E-state index contributed by atoms with van der Waals surface area (Å²) >= 11 is 0. The Morgan fingerprint density at radius 2 is 0.839 bits per heavy atom. The van der Waals surface area contributed by atoms with Gasteiger partial charge in [0.2, 0.25) is 0 Å². The summed E-state index contributed by atoms with van der Waals surface area (Å²) in [4.78, 5) is 9.15. The molecule has 4 aromatic rings. The summed E-state index contributed by atoms with van der Waals surface area (Å²) in [6.07, 6.45) is 4.71. The molecule has 0 radical (unpaired) electrons. The first-order chi connectivity index (χ1) is 15.1. The van der Waals surface area contributed by atoms with Crippen LogP contribution in [0.3, 0.4) is 0 Å². The molecule has 0 spiro atoms. The summed E-state index contributed by atoms with van der Waals surface area (Å²) in [5.74, 6) is 0. The van der Waals surface area contributed by atoms with Crippen molar-refractivity contribution in [2.75, 3.05) is 0 Å². The number of aryl methyl sites for hydroxylation is 2. The Labute approximate surface area is 184 Å². The molecule has 0 saturated heterocycles. The summed E-state index contributed by atoms with van der Waals surface area (Å²) in [7, 11) is 0. The maximum atomic E-state index is 4.58. The second-order valence-corrected chi connectivity index (χ2v) is 7.85. The first kappa shape index (κ1) is 20.5. The quantitative estimate of drug-likeness (QED) is 0.300. The lowest BCUT2D eigenvalue weighted by Crippen LogP contribution is -1.87. The molecule has 0 aliphatic rings. The highest BCUT2D eigenvalue weighted by Gasteiger charge is 1.98. The summed E-state index contributed by atoms with van der Waals surface area (Å²) in [5.41, 5.74) is 9.20. The number of hydrogen-bond donors (Lipinski definition) is 0. The third kappa shape index (κ3) is 6.10. The summed E-state index contributed by atoms with van der Waals surface area (Å²) in [6.45, 7) is 4.18. The molecular weight excluding hydrogens is 376 g/mol. The Morgan fingerprint density at radius 1 is 0.484 bits per heavy atom. The Hall–Kier alpha value is -3.78. The van der Waals surface area contributed by atoms with E-state index in [1.165, 1.54) is 22.3 Å². The van der Waals surface area contributed by atoms with Gasteiger partial charge in [-0.3, -0.25) is 9.98 Å². The van der Waals surface area contributed by atoms with Crippen LogP contribution >= 0.6 is 0 Å². The zero-order chi connectivity index (χ0) is 21.5. The van der Waals surface area contributed by atoms with Crippen LogP contribution in [-0.4, -0.2) is 12.4 Å². The number of nitrogens with zero attached hydrogens (tertiary/aromatic N) is 2. The van der Waals surface area contributed by atoms with Gasteiger partial charge in [-0.05, 0) is 66.8 Å². The van der Waals surface area contributed by atoms with Crippen molar-refractivity contribution in [1.82, 2.24) is 0 Å². The van der Waals surface area contributed by atoms with Crippen molar-refractivity contribution in [2.45, 2.75) is 20.3 Å². The molecule has 0 amide bonds. The Bertz CT molecular complexity index is 1070. The molecule has 0 unspecified atom stereocenters. The van der Waals surface area contributed by atoms with Crippen LogP contribution in [0.15, 0.2) is 107 Å². The highest BCUT2D eigenvalue weighted by Crippen LogP contribution is 2.19. The van der Waals surface area contributed by atoms with E-state index >= 15 is 0 Å². The van der Waals surface area contributed by atoms with Crippen LogP contribution in [0.1, 0.15) is 33.4 Å². The number of rotatable bonds is 6. The third-order valence-corrected chi connectivity index (χ3v) is 5.16. The van der Waals surface area contributed by atoms with E-state index in [0.717, 1.165) is 28.9 Å². The molecule has 31 heavy (non-hydrogen) atoms. The molecule has 4 aromatic carbocycles. The molecule has 152 valence electrons. The van der Waals surface area contributed by atoms with E-state index in [1.54, 1.807) is 0 Å². The average Bonchev–Trinajstić information content (AvgIpc) is 2.80. The van der Waals surface area contributed by atoms with Crippen LogP contribution in [-0.2, 0) is 6.42 Å². The fourth-order valence-electron chi connectivity index (χ4n) is 3.24. The van der Waals surface area contributed by atoms with Gasteiger partial charge in [-0.15, -0.1) is 0 Å². The zero-order valence-corrected chi connectivity index (χ0v) is 18.0. The van der Waals surface area contributed by atoms with Crippen LogP contribution in [0.2, 0.25) is 0 Å². The topological polar surface area (TPSA) is 24.7 Å². The highest BCUT2D eigenvalue weighted by atomic mass is 14.7. The normalized spacial score (nSPS) is 11.4. The van der Waals surface area contributed by atoms with E-state index in [0.29, 0.717) is 0 Å². The minimum absolute atomic E-state index is 0.893. The second kappa shape index (κ2) is 9.82. The van der Waals surface area contributed by atoms with Gasteiger partial charge in [-0.2, -0.15) is 0 Å². The predicted octanol–water partition coefficient (Wildman–Crippen LogP) is 7.40. The number of hydrogen-bond acceptors (Lipinski definition) is 2. The summed E-state index contributed by atoms with van der Waals surface area (Å²) in [5, 5.41) is 0. The van der Waals surface area contributed by atoms with E-state index < -0.39 is 0 Å². The van der Waals surface area contributed by atoms with Crippen molar-refractivity contribution in [3.8, 4) is 0 Å². The smallest absolute Gasteiger partial charge is 0.0630 e. The average molecular weight is 403 g/mol. The van der Waals surface area contributed by atoms with Crippen LogP contribution in [0.25, 0.3) is 0 Å². The molecule has 4 rings (SSSR count). The van der Waals surface area contributed by atoms with Gasteiger partial charge in [0.15, 0.2) is 0 Å². The van der Waals surface area contributed by atoms with Crippen LogP contribution in [0, 0.1) is 13.8 Å². The first-order valence-corrected chi connectivity index (χ1v) is 10.5. The molecule has 0 aromatic heterocycles. The van der Waals surface area contributed by atoms with Crippen LogP contribution in [0.4, 0.5) is 11.4 Å². The van der Waals surface area contributed by atoms with Gasteiger partial charge < -0.3 is 0 Å². The maximum absolute atomic E-state index is 4.58. The molecule has 0 saturated carbocycles. The standard InChI is InChI=1S/C29H26N2/c1-22-3-7-26(8-4-22)20-30-28-15-11-24(12-16-28)19-25-13-17-29(18-14-25)31-21-27-9-5-23(2)6-10-27/h3-18,20-21H,19H2,1-2H3. The molecule has 0 bridgehead atoms. The van der Waals surface area contributed by atoms with E-state index in [-0.39, 0.29) is 0 Å². The zero-order valence-electron chi connectivity index (χ0n) is 18.0. The summed E-state index contributed by atoms with van der Waals surface area (Å²) < 4.78 is 0. The van der Waals surface area contributed by atoms with Crippen molar-refractivity contribution in [1.29, 1.82) is 0 Å². The van der Waals surface area contributed by atoms with Gasteiger partial charge >= 0.3 is 0 Å². The molecule has 0 N–H and O–H groups in total. The third-order valence-electron chi connectivity index (χ3n) is 5.16. The van der Waals surface area contributed by atoms with Gasteiger partial charge in [0.1, 0.15) is 0 Å². The predicted molar refractivity (Wildman–Crippen MR) is 133 cm³/mol. The van der Waals surface area contributed by atoms with Gasteiger partial charge in [-0.1, -0.05) is 83.9 Å².